The topological polar surface area (TPSA) is 59.0 Å². The Morgan fingerprint density at radius 2 is 2.14 bits per heavy atom. The molecule has 1 heterocycles. The number of amides is 1. The fourth-order valence-electron chi connectivity index (χ4n) is 2.39. The van der Waals surface area contributed by atoms with E-state index in [1.165, 1.54) is 4.90 Å². The molecule has 1 fully saturated rings. The molecule has 0 spiro atoms. The van der Waals surface area contributed by atoms with Crippen molar-refractivity contribution in [1.29, 1.82) is 0 Å². The average Bonchev–Trinajstić information content (AvgIpc) is 2.54. The smallest absolute Gasteiger partial charge is 0.410 e. The molecular formula is C16H22INO4. The highest BCUT2D eigenvalue weighted by Gasteiger charge is 2.34. The van der Waals surface area contributed by atoms with Crippen LogP contribution in [0.3, 0.4) is 0 Å². The number of hydrogen-bond donors (Lipinski definition) is 1. The van der Waals surface area contributed by atoms with Crippen LogP contribution in [0, 0.1) is 0 Å². The number of carbonyl (C=O) groups is 1. The monoisotopic (exact) mass is 419 g/mol. The molecule has 2 unspecified atom stereocenters. The van der Waals surface area contributed by atoms with E-state index in [4.69, 9.17) is 9.47 Å². The molecule has 0 aromatic heterocycles. The molecule has 1 aliphatic heterocycles. The standard InChI is InChI=1S/C16H22INO4/c1-11(14-9-8-13(17)15(19)22-14)18(2)16(20)21-10-12-6-4-3-5-7-12/h3-7,11,13-15,19H,8-10H2,1-2H3/t11-,13?,14-,15?/m0/s1. The Morgan fingerprint density at radius 1 is 1.45 bits per heavy atom. The molecule has 1 amide bonds. The van der Waals surface area contributed by atoms with E-state index in [0.717, 1.165) is 18.4 Å². The predicted molar refractivity (Wildman–Crippen MR) is 91.8 cm³/mol. The first-order chi connectivity index (χ1) is 10.5. The van der Waals surface area contributed by atoms with Crippen molar-refractivity contribution >= 4 is 28.7 Å². The molecule has 1 saturated heterocycles. The number of benzene rings is 1. The number of aliphatic hydroxyl groups excluding tert-OH is 1. The molecule has 6 heteroatoms. The Kier molecular flexibility index (Phi) is 6.46. The summed E-state index contributed by atoms with van der Waals surface area (Å²) in [5.41, 5.74) is 0.953. The number of alkyl halides is 1. The highest BCUT2D eigenvalue weighted by Crippen LogP contribution is 2.27. The van der Waals surface area contributed by atoms with Gasteiger partial charge in [-0.2, -0.15) is 0 Å². The Labute approximate surface area is 144 Å². The van der Waals surface area contributed by atoms with Crippen molar-refractivity contribution in [3.8, 4) is 0 Å². The van der Waals surface area contributed by atoms with Gasteiger partial charge in [-0.1, -0.05) is 52.9 Å². The van der Waals surface area contributed by atoms with Gasteiger partial charge in [0.25, 0.3) is 0 Å². The number of likely N-dealkylation sites (N-methyl/N-ethyl adjacent to an activating group) is 1. The maximum atomic E-state index is 12.1. The first-order valence-corrected chi connectivity index (χ1v) is 8.64. The summed E-state index contributed by atoms with van der Waals surface area (Å²) in [5, 5.41) is 9.81. The number of rotatable bonds is 4. The number of aliphatic hydroxyl groups is 1. The summed E-state index contributed by atoms with van der Waals surface area (Å²) in [4.78, 5) is 13.7. The average molecular weight is 419 g/mol. The minimum Gasteiger partial charge on any atom is -0.445 e. The van der Waals surface area contributed by atoms with Crippen LogP contribution in [0.2, 0.25) is 0 Å². The highest BCUT2D eigenvalue weighted by molar-refractivity contribution is 14.1. The van der Waals surface area contributed by atoms with Crippen LogP contribution in [0.25, 0.3) is 0 Å². The summed E-state index contributed by atoms with van der Waals surface area (Å²) in [6, 6.07) is 9.42. The second-order valence-electron chi connectivity index (χ2n) is 5.55. The van der Waals surface area contributed by atoms with E-state index in [2.05, 4.69) is 22.6 Å². The lowest BCUT2D eigenvalue weighted by molar-refractivity contribution is -0.169. The van der Waals surface area contributed by atoms with Gasteiger partial charge in [-0.25, -0.2) is 4.79 Å². The number of halogens is 1. The predicted octanol–water partition coefficient (Wildman–Crippen LogP) is 2.94. The molecule has 2 rings (SSSR count). The molecule has 5 nitrogen and oxygen atoms in total. The largest absolute Gasteiger partial charge is 0.445 e. The van der Waals surface area contributed by atoms with Gasteiger partial charge in [-0.05, 0) is 25.3 Å². The Balaban J connectivity index is 1.84. The molecule has 0 bridgehead atoms. The van der Waals surface area contributed by atoms with Crippen LogP contribution in [0.1, 0.15) is 25.3 Å². The van der Waals surface area contributed by atoms with Crippen molar-refractivity contribution in [2.75, 3.05) is 7.05 Å². The van der Waals surface area contributed by atoms with E-state index in [-0.39, 0.29) is 28.8 Å². The molecule has 0 aliphatic carbocycles. The van der Waals surface area contributed by atoms with E-state index in [0.29, 0.717) is 0 Å². The van der Waals surface area contributed by atoms with E-state index in [9.17, 15) is 9.90 Å². The third-order valence-corrected chi connectivity index (χ3v) is 5.23. The van der Waals surface area contributed by atoms with Crippen molar-refractivity contribution in [2.45, 2.75) is 48.7 Å². The Morgan fingerprint density at radius 3 is 2.77 bits per heavy atom. The number of ether oxygens (including phenoxy) is 2. The lowest BCUT2D eigenvalue weighted by Crippen LogP contribution is -2.48. The highest BCUT2D eigenvalue weighted by atomic mass is 127. The van der Waals surface area contributed by atoms with Gasteiger partial charge in [0.15, 0.2) is 6.29 Å². The number of nitrogens with zero attached hydrogens (tertiary/aromatic N) is 1. The van der Waals surface area contributed by atoms with Gasteiger partial charge in [-0.3, -0.25) is 0 Å². The second kappa shape index (κ2) is 8.12. The van der Waals surface area contributed by atoms with Gasteiger partial charge in [0.1, 0.15) is 6.61 Å². The lowest BCUT2D eigenvalue weighted by Gasteiger charge is -2.37. The zero-order valence-electron chi connectivity index (χ0n) is 12.8. The van der Waals surface area contributed by atoms with Crippen LogP contribution in [-0.4, -0.2) is 45.5 Å². The van der Waals surface area contributed by atoms with E-state index in [1.54, 1.807) is 7.05 Å². The van der Waals surface area contributed by atoms with Crippen molar-refractivity contribution < 1.29 is 19.4 Å². The van der Waals surface area contributed by atoms with Gasteiger partial charge >= 0.3 is 6.09 Å². The molecule has 0 saturated carbocycles. The minimum atomic E-state index is -0.768. The van der Waals surface area contributed by atoms with Crippen molar-refractivity contribution in [3.05, 3.63) is 35.9 Å². The fourth-order valence-corrected chi connectivity index (χ4v) is 2.92. The van der Waals surface area contributed by atoms with Gasteiger partial charge in [0.05, 0.1) is 16.1 Å². The van der Waals surface area contributed by atoms with Crippen molar-refractivity contribution in [2.24, 2.45) is 0 Å². The van der Waals surface area contributed by atoms with Crippen LogP contribution in [0.15, 0.2) is 30.3 Å². The SMILES string of the molecule is C[C@@H]([C@@H]1CCC(I)C(O)O1)N(C)C(=O)OCc1ccccc1. The van der Waals surface area contributed by atoms with E-state index >= 15 is 0 Å². The minimum absolute atomic E-state index is 0.108. The molecule has 4 atom stereocenters. The molecule has 1 N–H and O–H groups in total. The summed E-state index contributed by atoms with van der Waals surface area (Å²) in [7, 11) is 1.70. The maximum Gasteiger partial charge on any atom is 0.410 e. The number of carbonyl (C=O) groups excluding carboxylic acids is 1. The molecule has 1 aromatic rings. The normalized spacial score (nSPS) is 26.3. The summed E-state index contributed by atoms with van der Waals surface area (Å²) >= 11 is 2.19. The summed E-state index contributed by atoms with van der Waals surface area (Å²) < 4.78 is 11.0. The van der Waals surface area contributed by atoms with Gasteiger partial charge < -0.3 is 19.5 Å². The van der Waals surface area contributed by atoms with Crippen LogP contribution in [0.4, 0.5) is 4.79 Å². The third-order valence-electron chi connectivity index (χ3n) is 3.99. The van der Waals surface area contributed by atoms with Gasteiger partial charge in [0.2, 0.25) is 0 Å². The fraction of sp³-hybridized carbons (Fsp3) is 0.562. The van der Waals surface area contributed by atoms with Crippen LogP contribution >= 0.6 is 22.6 Å². The first-order valence-electron chi connectivity index (χ1n) is 7.40. The molecule has 122 valence electrons. The Hall–Kier alpha value is -0.860. The molecule has 22 heavy (non-hydrogen) atoms. The molecular weight excluding hydrogens is 397 g/mol. The lowest BCUT2D eigenvalue weighted by atomic mass is 10.0. The number of hydrogen-bond acceptors (Lipinski definition) is 4. The van der Waals surface area contributed by atoms with Gasteiger partial charge in [0, 0.05) is 7.05 Å². The van der Waals surface area contributed by atoms with E-state index in [1.807, 2.05) is 37.3 Å². The second-order valence-corrected chi connectivity index (χ2v) is 7.15. The van der Waals surface area contributed by atoms with Gasteiger partial charge in [-0.15, -0.1) is 0 Å². The first kappa shape index (κ1) is 17.5. The molecule has 1 aliphatic rings. The van der Waals surface area contributed by atoms with Crippen LogP contribution < -0.4 is 0 Å². The van der Waals surface area contributed by atoms with E-state index < -0.39 is 6.29 Å². The van der Waals surface area contributed by atoms with Crippen LogP contribution in [-0.2, 0) is 16.1 Å². The summed E-state index contributed by atoms with van der Waals surface area (Å²) in [6.45, 7) is 2.16. The summed E-state index contributed by atoms with van der Waals surface area (Å²) in [6.07, 6.45) is 0.378. The molecule has 1 aromatic carbocycles. The zero-order chi connectivity index (χ0) is 16.1. The quantitative estimate of drug-likeness (QED) is 0.603. The molecule has 0 radical (unpaired) electrons. The maximum absolute atomic E-state index is 12.1. The zero-order valence-corrected chi connectivity index (χ0v) is 15.0. The third kappa shape index (κ3) is 4.57. The van der Waals surface area contributed by atoms with Crippen molar-refractivity contribution in [1.82, 2.24) is 4.90 Å². The summed E-state index contributed by atoms with van der Waals surface area (Å²) in [5.74, 6) is 0. The van der Waals surface area contributed by atoms with Crippen molar-refractivity contribution in [3.63, 3.8) is 0 Å². The Bertz CT molecular complexity index is 484. The van der Waals surface area contributed by atoms with Crippen LogP contribution in [0.5, 0.6) is 0 Å².